The molecule has 37 heavy (non-hydrogen) atoms. The fraction of sp³-hybridized carbons (Fsp3) is 0.370. The zero-order valence-electron chi connectivity index (χ0n) is 21.3. The lowest BCUT2D eigenvalue weighted by Gasteiger charge is -2.32. The van der Waals surface area contributed by atoms with Gasteiger partial charge in [-0.2, -0.15) is 5.26 Å². The number of amides is 2. The summed E-state index contributed by atoms with van der Waals surface area (Å²) in [5.41, 5.74) is 1.94. The summed E-state index contributed by atoms with van der Waals surface area (Å²) in [4.78, 5) is 38.5. The zero-order chi connectivity index (χ0) is 26.8. The van der Waals surface area contributed by atoms with Crippen molar-refractivity contribution in [1.29, 1.82) is 5.26 Å². The third-order valence-corrected chi connectivity index (χ3v) is 6.01. The first-order chi connectivity index (χ1) is 17.8. The first kappa shape index (κ1) is 27.2. The summed E-state index contributed by atoms with van der Waals surface area (Å²) < 4.78 is 12.5. The normalized spacial score (nSPS) is 13.9. The van der Waals surface area contributed by atoms with E-state index in [1.807, 2.05) is 30.1 Å². The van der Waals surface area contributed by atoms with Crippen molar-refractivity contribution in [1.82, 2.24) is 10.6 Å². The fourth-order valence-electron chi connectivity index (χ4n) is 4.03. The number of carbonyl (C=O) groups is 3. The Kier molecular flexibility index (Phi) is 9.61. The number of ether oxygens (including phenoxy) is 2. The largest absolute Gasteiger partial charge is 0.491 e. The highest BCUT2D eigenvalue weighted by Gasteiger charge is 2.25. The van der Waals surface area contributed by atoms with Crippen LogP contribution in [0, 0.1) is 17.2 Å². The predicted molar refractivity (Wildman–Crippen MR) is 136 cm³/mol. The maximum Gasteiger partial charge on any atom is 0.354 e. The summed E-state index contributed by atoms with van der Waals surface area (Å²) in [6, 6.07) is 10.9. The number of nitrogens with zero attached hydrogens (tertiary/aromatic N) is 3. The molecule has 10 nitrogen and oxygen atoms in total. The van der Waals surface area contributed by atoms with Crippen molar-refractivity contribution in [3.63, 3.8) is 0 Å². The van der Waals surface area contributed by atoms with E-state index in [2.05, 4.69) is 27.7 Å². The van der Waals surface area contributed by atoms with Gasteiger partial charge in [-0.25, -0.2) is 9.36 Å². The molecule has 2 heterocycles. The van der Waals surface area contributed by atoms with Crippen LogP contribution in [0.15, 0.2) is 48.4 Å². The molecule has 1 aliphatic rings. The van der Waals surface area contributed by atoms with Crippen molar-refractivity contribution in [3.8, 4) is 11.8 Å². The monoisotopic (exact) mass is 506 g/mol. The Morgan fingerprint density at radius 3 is 2.51 bits per heavy atom. The molecule has 3 rings (SSSR count). The Balaban J connectivity index is 1.55. The fourth-order valence-corrected chi connectivity index (χ4v) is 4.03. The van der Waals surface area contributed by atoms with Crippen molar-refractivity contribution < 1.29 is 28.4 Å². The summed E-state index contributed by atoms with van der Waals surface area (Å²) in [5, 5.41) is 14.6. The lowest BCUT2D eigenvalue weighted by Crippen LogP contribution is -2.41. The van der Waals surface area contributed by atoms with Crippen LogP contribution >= 0.6 is 0 Å². The van der Waals surface area contributed by atoms with Crippen LogP contribution in [0.2, 0.25) is 0 Å². The third-order valence-electron chi connectivity index (χ3n) is 6.01. The van der Waals surface area contributed by atoms with Gasteiger partial charge in [0.1, 0.15) is 25.1 Å². The van der Waals surface area contributed by atoms with E-state index in [-0.39, 0.29) is 30.7 Å². The molecule has 194 valence electrons. The van der Waals surface area contributed by atoms with Crippen molar-refractivity contribution in [2.75, 3.05) is 38.3 Å². The minimum atomic E-state index is -0.718. The van der Waals surface area contributed by atoms with E-state index in [4.69, 9.17) is 9.47 Å². The predicted octanol–water partition coefficient (Wildman–Crippen LogP) is 1.44. The summed E-state index contributed by atoms with van der Waals surface area (Å²) in [7, 11) is 3.19. The highest BCUT2D eigenvalue weighted by atomic mass is 16.5. The van der Waals surface area contributed by atoms with Gasteiger partial charge < -0.3 is 25.0 Å². The number of anilines is 1. The first-order valence-electron chi connectivity index (χ1n) is 12.0. The van der Waals surface area contributed by atoms with Gasteiger partial charge in [0.25, 0.3) is 0 Å². The van der Waals surface area contributed by atoms with E-state index >= 15 is 0 Å². The molecule has 1 saturated heterocycles. The van der Waals surface area contributed by atoms with E-state index < -0.39 is 11.9 Å². The Bertz CT molecular complexity index is 1190. The van der Waals surface area contributed by atoms with Crippen molar-refractivity contribution in [3.05, 3.63) is 59.5 Å². The van der Waals surface area contributed by atoms with Crippen molar-refractivity contribution in [2.45, 2.75) is 19.8 Å². The van der Waals surface area contributed by atoms with Gasteiger partial charge in [0.2, 0.25) is 11.8 Å². The van der Waals surface area contributed by atoms with Gasteiger partial charge in [0, 0.05) is 49.3 Å². The molecule has 0 saturated carbocycles. The molecule has 1 aromatic carbocycles. The summed E-state index contributed by atoms with van der Waals surface area (Å²) in [6.45, 7) is 3.35. The minimum Gasteiger partial charge on any atom is -0.491 e. The second-order valence-corrected chi connectivity index (χ2v) is 8.72. The third kappa shape index (κ3) is 7.80. The summed E-state index contributed by atoms with van der Waals surface area (Å²) in [5.74, 6) is -0.877. The molecule has 0 atom stereocenters. The van der Waals surface area contributed by atoms with Crippen LogP contribution in [0.5, 0.6) is 5.75 Å². The highest BCUT2D eigenvalue weighted by Crippen LogP contribution is 2.24. The van der Waals surface area contributed by atoms with Crippen LogP contribution in [0.1, 0.15) is 30.9 Å². The second-order valence-electron chi connectivity index (χ2n) is 8.72. The van der Waals surface area contributed by atoms with Gasteiger partial charge >= 0.3 is 5.97 Å². The quantitative estimate of drug-likeness (QED) is 0.228. The lowest BCUT2D eigenvalue weighted by molar-refractivity contribution is -0.671. The Hall–Kier alpha value is -4.39. The molecular formula is C27H32N5O5+. The summed E-state index contributed by atoms with van der Waals surface area (Å²) >= 11 is 0. The Morgan fingerprint density at radius 1 is 1.19 bits per heavy atom. The van der Waals surface area contributed by atoms with Crippen molar-refractivity contribution in [2.24, 2.45) is 13.0 Å². The highest BCUT2D eigenvalue weighted by molar-refractivity contribution is 5.97. The van der Waals surface area contributed by atoms with Crippen LogP contribution in [0.25, 0.3) is 6.08 Å². The smallest absolute Gasteiger partial charge is 0.354 e. The van der Waals surface area contributed by atoms with Gasteiger partial charge in [0.15, 0.2) is 12.4 Å². The van der Waals surface area contributed by atoms with E-state index in [9.17, 15) is 19.6 Å². The molecule has 2 N–H and O–H groups in total. The van der Waals surface area contributed by atoms with Gasteiger partial charge in [-0.3, -0.25) is 9.59 Å². The number of hydrogen-bond donors (Lipinski definition) is 2. The van der Waals surface area contributed by atoms with E-state index in [1.54, 1.807) is 12.1 Å². The molecule has 10 heteroatoms. The van der Waals surface area contributed by atoms with Crippen LogP contribution in [-0.2, 0) is 26.2 Å². The van der Waals surface area contributed by atoms with Gasteiger partial charge in [-0.15, -0.1) is 0 Å². The number of carbonyl (C=O) groups excluding carboxylic acids is 3. The molecule has 0 aliphatic carbocycles. The van der Waals surface area contributed by atoms with E-state index in [1.165, 1.54) is 26.2 Å². The maximum atomic E-state index is 12.7. The molecule has 0 bridgehead atoms. The molecule has 2 aromatic rings. The number of benzene rings is 1. The Labute approximate surface area is 216 Å². The number of methoxy groups -OCH3 is 1. The van der Waals surface area contributed by atoms with Crippen LogP contribution in [0.4, 0.5) is 5.69 Å². The molecule has 0 unspecified atom stereocenters. The first-order valence-corrected chi connectivity index (χ1v) is 12.0. The topological polar surface area (TPSA) is 125 Å². The molecule has 0 spiro atoms. The van der Waals surface area contributed by atoms with Crippen molar-refractivity contribution >= 4 is 29.5 Å². The standard InChI is InChI=1S/C27H31N5O5/c1-19(33)30-24(27(35)36-3)17-22-5-4-20(18-28)16-25(22)37-15-10-29-26(34)21-6-13-32(14-7-21)23-8-11-31(2)12-9-23/h4-5,8-9,11-12,16-17,21H,6-7,10,13-15H2,1-3H3,(H-,29,30,33,34)/p+1. The number of esters is 1. The average molecular weight is 507 g/mol. The van der Waals surface area contributed by atoms with Crippen LogP contribution < -0.4 is 24.8 Å². The molecule has 1 aromatic heterocycles. The molecule has 1 fully saturated rings. The second kappa shape index (κ2) is 13.1. The van der Waals surface area contributed by atoms with Crippen LogP contribution in [0.3, 0.4) is 0 Å². The SMILES string of the molecule is COC(=O)C(=Cc1ccc(C#N)cc1OCCNC(=O)C1CCN(c2cc[n+](C)cc2)CC1)NC(C)=O. The number of rotatable bonds is 9. The lowest BCUT2D eigenvalue weighted by atomic mass is 9.95. The van der Waals surface area contributed by atoms with Gasteiger partial charge in [0.05, 0.1) is 25.3 Å². The van der Waals surface area contributed by atoms with Crippen LogP contribution in [-0.4, -0.2) is 51.1 Å². The number of piperidine rings is 1. The zero-order valence-corrected chi connectivity index (χ0v) is 21.3. The van der Waals surface area contributed by atoms with Gasteiger partial charge in [-0.1, -0.05) is 0 Å². The number of aromatic nitrogens is 1. The maximum absolute atomic E-state index is 12.7. The van der Waals surface area contributed by atoms with E-state index in [0.717, 1.165) is 31.6 Å². The molecule has 2 amide bonds. The molecule has 0 radical (unpaired) electrons. The number of nitriles is 1. The number of nitrogens with one attached hydrogen (secondary N) is 2. The number of pyridine rings is 1. The van der Waals surface area contributed by atoms with Gasteiger partial charge in [-0.05, 0) is 37.1 Å². The molecular weight excluding hydrogens is 474 g/mol. The minimum absolute atomic E-state index is 0.00718. The average Bonchev–Trinajstić information content (AvgIpc) is 2.91. The summed E-state index contributed by atoms with van der Waals surface area (Å²) in [6.07, 6.45) is 6.98. The number of hydrogen-bond acceptors (Lipinski definition) is 7. The molecule has 1 aliphatic heterocycles. The Morgan fingerprint density at radius 2 is 1.89 bits per heavy atom. The number of aryl methyl sites for hydroxylation is 1. The van der Waals surface area contributed by atoms with E-state index in [0.29, 0.717) is 16.9 Å².